The van der Waals surface area contributed by atoms with Gasteiger partial charge in [-0.25, -0.2) is 0 Å². The van der Waals surface area contributed by atoms with Crippen LogP contribution < -0.4 is 0 Å². The third-order valence-corrected chi connectivity index (χ3v) is 6.93. The summed E-state index contributed by atoms with van der Waals surface area (Å²) in [6, 6.07) is 28.0. The van der Waals surface area contributed by atoms with Gasteiger partial charge in [-0.05, 0) is 35.7 Å². The van der Waals surface area contributed by atoms with Gasteiger partial charge in [0.1, 0.15) is 0 Å². The SMILES string of the molecule is O=C(CCN(CCc1ccccc1)C(=O)c1cccc(Br)c1)N1CCN(Cc2ccccc2)CC1. The Morgan fingerprint density at radius 2 is 1.43 bits per heavy atom. The second-order valence-corrected chi connectivity index (χ2v) is 9.85. The van der Waals surface area contributed by atoms with E-state index in [9.17, 15) is 9.59 Å². The van der Waals surface area contributed by atoms with Crippen LogP contribution >= 0.6 is 15.9 Å². The number of benzene rings is 3. The summed E-state index contributed by atoms with van der Waals surface area (Å²) in [6.45, 7) is 5.11. The van der Waals surface area contributed by atoms with Crippen LogP contribution in [-0.2, 0) is 17.8 Å². The predicted molar refractivity (Wildman–Crippen MR) is 143 cm³/mol. The smallest absolute Gasteiger partial charge is 0.253 e. The average molecular weight is 534 g/mol. The van der Waals surface area contributed by atoms with Crippen LogP contribution in [0, 0.1) is 0 Å². The normalized spacial score (nSPS) is 14.0. The van der Waals surface area contributed by atoms with Crippen molar-refractivity contribution in [2.75, 3.05) is 39.3 Å². The molecule has 0 unspecified atom stereocenters. The molecule has 2 amide bonds. The molecular weight excluding hydrogens is 502 g/mol. The van der Waals surface area contributed by atoms with Gasteiger partial charge in [0.25, 0.3) is 5.91 Å². The first-order valence-electron chi connectivity index (χ1n) is 12.2. The van der Waals surface area contributed by atoms with Crippen molar-refractivity contribution in [3.63, 3.8) is 0 Å². The van der Waals surface area contributed by atoms with Gasteiger partial charge in [0.05, 0.1) is 0 Å². The molecule has 1 aliphatic heterocycles. The number of carbonyl (C=O) groups is 2. The molecule has 0 radical (unpaired) electrons. The van der Waals surface area contributed by atoms with Crippen LogP contribution in [-0.4, -0.2) is 65.8 Å². The third-order valence-electron chi connectivity index (χ3n) is 6.44. The molecule has 0 saturated carbocycles. The summed E-state index contributed by atoms with van der Waals surface area (Å²) in [5.41, 5.74) is 3.11. The molecule has 0 aromatic heterocycles. The average Bonchev–Trinajstić information content (AvgIpc) is 2.90. The Balaban J connectivity index is 1.32. The highest BCUT2D eigenvalue weighted by molar-refractivity contribution is 9.10. The van der Waals surface area contributed by atoms with Gasteiger partial charge in [-0.15, -0.1) is 0 Å². The Morgan fingerprint density at radius 1 is 0.771 bits per heavy atom. The highest BCUT2D eigenvalue weighted by Crippen LogP contribution is 2.15. The molecule has 182 valence electrons. The summed E-state index contributed by atoms with van der Waals surface area (Å²) in [5, 5.41) is 0. The van der Waals surface area contributed by atoms with Gasteiger partial charge in [0, 0.05) is 62.3 Å². The van der Waals surface area contributed by atoms with E-state index in [4.69, 9.17) is 0 Å². The molecule has 0 spiro atoms. The Labute approximate surface area is 216 Å². The number of amides is 2. The Hall–Kier alpha value is -2.96. The lowest BCUT2D eigenvalue weighted by atomic mass is 10.1. The van der Waals surface area contributed by atoms with E-state index < -0.39 is 0 Å². The van der Waals surface area contributed by atoms with E-state index in [2.05, 4.69) is 57.2 Å². The number of halogens is 1. The van der Waals surface area contributed by atoms with E-state index in [1.165, 1.54) is 11.1 Å². The van der Waals surface area contributed by atoms with Gasteiger partial charge in [0.15, 0.2) is 0 Å². The van der Waals surface area contributed by atoms with E-state index in [0.29, 0.717) is 25.1 Å². The molecule has 0 N–H and O–H groups in total. The van der Waals surface area contributed by atoms with Crippen molar-refractivity contribution >= 4 is 27.7 Å². The minimum atomic E-state index is -0.0392. The zero-order chi connectivity index (χ0) is 24.5. The van der Waals surface area contributed by atoms with Gasteiger partial charge in [0.2, 0.25) is 5.91 Å². The number of rotatable bonds is 9. The van der Waals surface area contributed by atoms with Crippen LogP contribution in [0.2, 0.25) is 0 Å². The summed E-state index contributed by atoms with van der Waals surface area (Å²) >= 11 is 3.46. The lowest BCUT2D eigenvalue weighted by molar-refractivity contribution is -0.133. The van der Waals surface area contributed by atoms with Crippen molar-refractivity contribution in [3.8, 4) is 0 Å². The minimum absolute atomic E-state index is 0.0392. The van der Waals surface area contributed by atoms with Crippen LogP contribution in [0.25, 0.3) is 0 Å². The van der Waals surface area contributed by atoms with Crippen molar-refractivity contribution < 1.29 is 9.59 Å². The standard InChI is InChI=1S/C29H32BrN3O2/c30-27-13-7-12-26(22-27)29(35)33(16-14-24-8-3-1-4-9-24)17-15-28(34)32-20-18-31(19-21-32)23-25-10-5-2-6-11-25/h1-13,22H,14-21,23H2. The van der Waals surface area contributed by atoms with Crippen LogP contribution in [0.15, 0.2) is 89.4 Å². The topological polar surface area (TPSA) is 43.9 Å². The van der Waals surface area contributed by atoms with Crippen LogP contribution in [0.5, 0.6) is 0 Å². The first-order valence-corrected chi connectivity index (χ1v) is 13.0. The van der Waals surface area contributed by atoms with Gasteiger partial charge in [-0.3, -0.25) is 14.5 Å². The van der Waals surface area contributed by atoms with E-state index in [1.54, 1.807) is 0 Å². The minimum Gasteiger partial charge on any atom is -0.340 e. The molecule has 4 rings (SSSR count). The Morgan fingerprint density at radius 3 is 2.09 bits per heavy atom. The van der Waals surface area contributed by atoms with Crippen molar-refractivity contribution in [1.82, 2.24) is 14.7 Å². The number of hydrogen-bond acceptors (Lipinski definition) is 3. The maximum Gasteiger partial charge on any atom is 0.253 e. The molecule has 3 aromatic carbocycles. The van der Waals surface area contributed by atoms with Gasteiger partial charge >= 0.3 is 0 Å². The zero-order valence-electron chi connectivity index (χ0n) is 20.0. The van der Waals surface area contributed by atoms with Crippen LogP contribution in [0.4, 0.5) is 0 Å². The molecule has 3 aromatic rings. The summed E-state index contributed by atoms with van der Waals surface area (Å²) in [5.74, 6) is 0.0822. The molecule has 35 heavy (non-hydrogen) atoms. The zero-order valence-corrected chi connectivity index (χ0v) is 21.6. The largest absolute Gasteiger partial charge is 0.340 e. The highest BCUT2D eigenvalue weighted by Gasteiger charge is 2.23. The molecule has 1 saturated heterocycles. The first kappa shape index (κ1) is 25.1. The van der Waals surface area contributed by atoms with Crippen molar-refractivity contribution in [3.05, 3.63) is 106 Å². The van der Waals surface area contributed by atoms with Crippen LogP contribution in [0.3, 0.4) is 0 Å². The van der Waals surface area contributed by atoms with Crippen molar-refractivity contribution in [2.24, 2.45) is 0 Å². The first-order chi connectivity index (χ1) is 17.1. The molecule has 1 aliphatic rings. The fraction of sp³-hybridized carbons (Fsp3) is 0.310. The second kappa shape index (κ2) is 12.7. The lowest BCUT2D eigenvalue weighted by Crippen LogP contribution is -2.49. The second-order valence-electron chi connectivity index (χ2n) is 8.93. The number of hydrogen-bond donors (Lipinski definition) is 0. The molecule has 0 aliphatic carbocycles. The number of nitrogens with zero attached hydrogens (tertiary/aromatic N) is 3. The van der Waals surface area contributed by atoms with E-state index >= 15 is 0 Å². The van der Waals surface area contributed by atoms with Gasteiger partial charge < -0.3 is 9.80 Å². The third kappa shape index (κ3) is 7.51. The maximum absolute atomic E-state index is 13.3. The van der Waals surface area contributed by atoms with E-state index in [0.717, 1.165) is 43.6 Å². The predicted octanol–water partition coefficient (Wildman–Crippen LogP) is 4.87. The van der Waals surface area contributed by atoms with Crippen LogP contribution in [0.1, 0.15) is 27.9 Å². The summed E-state index contributed by atoms with van der Waals surface area (Å²) < 4.78 is 0.871. The molecule has 0 bridgehead atoms. The molecular formula is C29H32BrN3O2. The van der Waals surface area contributed by atoms with Gasteiger partial charge in [-0.2, -0.15) is 0 Å². The summed E-state index contributed by atoms with van der Waals surface area (Å²) in [4.78, 5) is 32.5. The number of piperazine rings is 1. The Kier molecular flexibility index (Phi) is 9.09. The van der Waals surface area contributed by atoms with Gasteiger partial charge in [-0.1, -0.05) is 82.7 Å². The molecule has 1 fully saturated rings. The molecule has 5 nitrogen and oxygen atoms in total. The molecule has 6 heteroatoms. The van der Waals surface area contributed by atoms with E-state index in [1.807, 2.05) is 58.3 Å². The fourth-order valence-electron chi connectivity index (χ4n) is 4.41. The highest BCUT2D eigenvalue weighted by atomic mass is 79.9. The van der Waals surface area contributed by atoms with E-state index in [-0.39, 0.29) is 11.8 Å². The summed E-state index contributed by atoms with van der Waals surface area (Å²) in [7, 11) is 0. The number of carbonyl (C=O) groups excluding carboxylic acids is 2. The fourth-order valence-corrected chi connectivity index (χ4v) is 4.81. The van der Waals surface area contributed by atoms with Crippen molar-refractivity contribution in [1.29, 1.82) is 0 Å². The maximum atomic E-state index is 13.3. The Bertz CT molecular complexity index is 1100. The van der Waals surface area contributed by atoms with Crippen molar-refractivity contribution in [2.45, 2.75) is 19.4 Å². The quantitative estimate of drug-likeness (QED) is 0.394. The lowest BCUT2D eigenvalue weighted by Gasteiger charge is -2.35. The molecule has 0 atom stereocenters. The molecule has 1 heterocycles. The summed E-state index contributed by atoms with van der Waals surface area (Å²) in [6.07, 6.45) is 1.10. The monoisotopic (exact) mass is 533 g/mol.